The fourth-order valence-electron chi connectivity index (χ4n) is 2.75. The zero-order valence-electron chi connectivity index (χ0n) is 14.2. The Morgan fingerprint density at radius 2 is 1.76 bits per heavy atom. The first kappa shape index (κ1) is 16.8. The third kappa shape index (κ3) is 4.73. The first-order valence-corrected chi connectivity index (χ1v) is 8.34. The van der Waals surface area contributed by atoms with Gasteiger partial charge in [0.15, 0.2) is 0 Å². The second-order valence-electron chi connectivity index (χ2n) is 5.84. The fourth-order valence-corrected chi connectivity index (χ4v) is 2.75. The molecule has 1 aliphatic heterocycles. The Bertz CT molecular complexity index is 720. The number of hydrazone groups is 1. The number of carbonyl (C=O) groups excluding carboxylic acids is 1. The van der Waals surface area contributed by atoms with Gasteiger partial charge in [0.05, 0.1) is 13.3 Å². The zero-order chi connectivity index (χ0) is 17.5. The number of anilines is 2. The molecule has 6 nitrogen and oxygen atoms in total. The molecule has 1 fully saturated rings. The van der Waals surface area contributed by atoms with Gasteiger partial charge in [-0.1, -0.05) is 12.1 Å². The molecule has 0 aromatic heterocycles. The summed E-state index contributed by atoms with van der Waals surface area (Å²) in [6.45, 7) is 2.25. The third-order valence-corrected chi connectivity index (χ3v) is 4.09. The van der Waals surface area contributed by atoms with Crippen LogP contribution in [0.5, 0.6) is 5.75 Å². The summed E-state index contributed by atoms with van der Waals surface area (Å²) in [7, 11) is 1.60. The Labute approximate surface area is 147 Å². The van der Waals surface area contributed by atoms with Crippen molar-refractivity contribution < 1.29 is 9.53 Å². The summed E-state index contributed by atoms with van der Waals surface area (Å²) in [5.74, 6) is 0.737. The second kappa shape index (κ2) is 8.19. The van der Waals surface area contributed by atoms with Gasteiger partial charge in [0.25, 0.3) is 0 Å². The van der Waals surface area contributed by atoms with Crippen molar-refractivity contribution in [1.29, 1.82) is 0 Å². The van der Waals surface area contributed by atoms with E-state index in [-0.39, 0.29) is 0 Å². The number of rotatable bonds is 5. The molecule has 3 rings (SSSR count). The first-order valence-electron chi connectivity index (χ1n) is 8.34. The van der Waals surface area contributed by atoms with Crippen LogP contribution in [-0.4, -0.2) is 32.4 Å². The van der Waals surface area contributed by atoms with E-state index in [9.17, 15) is 4.79 Å². The highest BCUT2D eigenvalue weighted by atomic mass is 16.5. The lowest BCUT2D eigenvalue weighted by atomic mass is 10.2. The number of nitrogens with zero attached hydrogens (tertiary/aromatic N) is 2. The second-order valence-corrected chi connectivity index (χ2v) is 5.84. The Kier molecular flexibility index (Phi) is 5.51. The number of hydrogen-bond donors (Lipinski definition) is 2. The van der Waals surface area contributed by atoms with Crippen molar-refractivity contribution in [2.24, 2.45) is 5.10 Å². The fraction of sp³-hybridized carbons (Fsp3) is 0.263. The van der Waals surface area contributed by atoms with Crippen molar-refractivity contribution in [3.63, 3.8) is 0 Å². The number of urea groups is 1. The standard InChI is InChI=1S/C19H22N4O2/c1-25-18-10-6-16(7-11-18)21-19(24)22-20-14-15-4-8-17(9-5-15)23-12-2-3-13-23/h4-11,14H,2-3,12-13H2,1H3,(H2,21,22,24)/b20-14-. The van der Waals surface area contributed by atoms with E-state index >= 15 is 0 Å². The van der Waals surface area contributed by atoms with Crippen molar-refractivity contribution in [1.82, 2.24) is 5.43 Å². The third-order valence-electron chi connectivity index (χ3n) is 4.09. The van der Waals surface area contributed by atoms with E-state index in [0.717, 1.165) is 24.4 Å². The largest absolute Gasteiger partial charge is 0.497 e. The summed E-state index contributed by atoms with van der Waals surface area (Å²) in [5, 5.41) is 6.67. The molecule has 0 saturated carbocycles. The molecule has 0 radical (unpaired) electrons. The van der Waals surface area contributed by atoms with Gasteiger partial charge >= 0.3 is 6.03 Å². The monoisotopic (exact) mass is 338 g/mol. The molecule has 2 amide bonds. The van der Waals surface area contributed by atoms with Crippen molar-refractivity contribution in [2.45, 2.75) is 12.8 Å². The lowest BCUT2D eigenvalue weighted by molar-refractivity contribution is 0.252. The predicted molar refractivity (Wildman–Crippen MR) is 101 cm³/mol. The normalized spacial score (nSPS) is 13.9. The smallest absolute Gasteiger partial charge is 0.339 e. The molecular formula is C19H22N4O2. The Hall–Kier alpha value is -3.02. The highest BCUT2D eigenvalue weighted by molar-refractivity contribution is 5.90. The van der Waals surface area contributed by atoms with Gasteiger partial charge in [0.1, 0.15) is 5.75 Å². The van der Waals surface area contributed by atoms with Gasteiger partial charge < -0.3 is 15.0 Å². The lowest BCUT2D eigenvalue weighted by Crippen LogP contribution is -2.24. The van der Waals surface area contributed by atoms with E-state index in [1.807, 2.05) is 12.1 Å². The van der Waals surface area contributed by atoms with Crippen LogP contribution in [0.3, 0.4) is 0 Å². The van der Waals surface area contributed by atoms with Crippen LogP contribution in [-0.2, 0) is 0 Å². The maximum Gasteiger partial charge on any atom is 0.339 e. The molecule has 1 saturated heterocycles. The van der Waals surface area contributed by atoms with E-state index in [4.69, 9.17) is 4.74 Å². The molecule has 2 aromatic rings. The maximum absolute atomic E-state index is 11.8. The van der Waals surface area contributed by atoms with Crippen LogP contribution in [0.4, 0.5) is 16.2 Å². The van der Waals surface area contributed by atoms with Gasteiger partial charge in [-0.05, 0) is 54.8 Å². The molecule has 2 aromatic carbocycles. The molecular weight excluding hydrogens is 316 g/mol. The van der Waals surface area contributed by atoms with Crippen LogP contribution >= 0.6 is 0 Å². The minimum Gasteiger partial charge on any atom is -0.497 e. The summed E-state index contributed by atoms with van der Waals surface area (Å²) >= 11 is 0. The van der Waals surface area contributed by atoms with Crippen LogP contribution in [0.25, 0.3) is 0 Å². The van der Waals surface area contributed by atoms with E-state index in [1.165, 1.54) is 18.5 Å². The van der Waals surface area contributed by atoms with Gasteiger partial charge in [-0.25, -0.2) is 10.2 Å². The van der Waals surface area contributed by atoms with Gasteiger partial charge in [-0.2, -0.15) is 5.10 Å². The van der Waals surface area contributed by atoms with Crippen LogP contribution in [0.2, 0.25) is 0 Å². The van der Waals surface area contributed by atoms with Gasteiger partial charge in [0.2, 0.25) is 0 Å². The number of methoxy groups -OCH3 is 1. The first-order chi connectivity index (χ1) is 12.2. The quantitative estimate of drug-likeness (QED) is 0.648. The minimum absolute atomic E-state index is 0.393. The molecule has 0 aliphatic carbocycles. The molecule has 1 heterocycles. The SMILES string of the molecule is COc1ccc(NC(=O)N/N=C\c2ccc(N3CCCC3)cc2)cc1. The predicted octanol–water partition coefficient (Wildman–Crippen LogP) is 3.45. The summed E-state index contributed by atoms with van der Waals surface area (Å²) in [6, 6.07) is 14.9. The van der Waals surface area contributed by atoms with E-state index < -0.39 is 6.03 Å². The number of amides is 2. The number of ether oxygens (including phenoxy) is 1. The molecule has 6 heteroatoms. The van der Waals surface area contributed by atoms with Crippen LogP contribution < -0.4 is 20.4 Å². The van der Waals surface area contributed by atoms with E-state index in [2.05, 4.69) is 32.9 Å². The Morgan fingerprint density at radius 1 is 1.08 bits per heavy atom. The molecule has 0 bridgehead atoms. The number of carbonyl (C=O) groups is 1. The van der Waals surface area contributed by atoms with Gasteiger partial charge in [-0.15, -0.1) is 0 Å². The molecule has 25 heavy (non-hydrogen) atoms. The highest BCUT2D eigenvalue weighted by Gasteiger charge is 2.11. The minimum atomic E-state index is -0.393. The van der Waals surface area contributed by atoms with Crippen LogP contribution in [0, 0.1) is 0 Å². The molecule has 0 spiro atoms. The molecule has 130 valence electrons. The average Bonchev–Trinajstić information content (AvgIpc) is 3.18. The summed E-state index contributed by atoms with van der Waals surface area (Å²) in [6.07, 6.45) is 4.15. The number of hydrogen-bond acceptors (Lipinski definition) is 4. The van der Waals surface area contributed by atoms with Gasteiger partial charge in [-0.3, -0.25) is 0 Å². The molecule has 0 atom stereocenters. The Balaban J connectivity index is 1.49. The van der Waals surface area contributed by atoms with Crippen molar-refractivity contribution in [3.8, 4) is 5.75 Å². The number of benzene rings is 2. The van der Waals surface area contributed by atoms with Gasteiger partial charge in [0, 0.05) is 24.5 Å². The van der Waals surface area contributed by atoms with Crippen molar-refractivity contribution in [2.75, 3.05) is 30.4 Å². The molecule has 2 N–H and O–H groups in total. The van der Waals surface area contributed by atoms with Crippen LogP contribution in [0.1, 0.15) is 18.4 Å². The van der Waals surface area contributed by atoms with Crippen molar-refractivity contribution >= 4 is 23.6 Å². The highest BCUT2D eigenvalue weighted by Crippen LogP contribution is 2.20. The van der Waals surface area contributed by atoms with E-state index in [0.29, 0.717) is 5.69 Å². The summed E-state index contributed by atoms with van der Waals surface area (Å²) in [4.78, 5) is 14.2. The van der Waals surface area contributed by atoms with E-state index in [1.54, 1.807) is 37.6 Å². The molecule has 0 unspecified atom stereocenters. The van der Waals surface area contributed by atoms with Crippen molar-refractivity contribution in [3.05, 3.63) is 54.1 Å². The maximum atomic E-state index is 11.8. The zero-order valence-corrected chi connectivity index (χ0v) is 14.2. The number of nitrogens with one attached hydrogen (secondary N) is 2. The lowest BCUT2D eigenvalue weighted by Gasteiger charge is -2.17. The van der Waals surface area contributed by atoms with Crippen LogP contribution in [0.15, 0.2) is 53.6 Å². The molecule has 1 aliphatic rings. The topological polar surface area (TPSA) is 66.0 Å². The summed E-state index contributed by atoms with van der Waals surface area (Å²) in [5.41, 5.74) is 5.30. The summed E-state index contributed by atoms with van der Waals surface area (Å²) < 4.78 is 5.07. The Morgan fingerprint density at radius 3 is 2.40 bits per heavy atom. The average molecular weight is 338 g/mol.